The molecule has 33 heavy (non-hydrogen) atoms. The van der Waals surface area contributed by atoms with E-state index in [2.05, 4.69) is 15.5 Å². The number of carbonyl (C=O) groups excluding carboxylic acids is 1. The van der Waals surface area contributed by atoms with Crippen LogP contribution in [-0.4, -0.2) is 40.4 Å². The van der Waals surface area contributed by atoms with Gasteiger partial charge in [0.25, 0.3) is 0 Å². The second kappa shape index (κ2) is 9.77. The van der Waals surface area contributed by atoms with E-state index in [9.17, 15) is 4.79 Å². The summed E-state index contributed by atoms with van der Waals surface area (Å²) in [7, 11) is 0. The van der Waals surface area contributed by atoms with Gasteiger partial charge < -0.3 is 10.6 Å². The summed E-state index contributed by atoms with van der Waals surface area (Å²) in [6.07, 6.45) is 8.47. The van der Waals surface area contributed by atoms with Crippen molar-refractivity contribution in [2.24, 2.45) is 0 Å². The second-order valence-corrected chi connectivity index (χ2v) is 10.5. The number of aromatic nitrogens is 2. The van der Waals surface area contributed by atoms with E-state index in [0.717, 1.165) is 71.1 Å². The molecule has 1 aliphatic heterocycles. The van der Waals surface area contributed by atoms with Gasteiger partial charge in [-0.25, -0.2) is 9.97 Å². The first-order valence-electron chi connectivity index (χ1n) is 12.2. The lowest BCUT2D eigenvalue weighted by atomic mass is 9.97. The predicted molar refractivity (Wildman–Crippen MR) is 136 cm³/mol. The van der Waals surface area contributed by atoms with Gasteiger partial charge in [-0.3, -0.25) is 9.69 Å². The van der Waals surface area contributed by atoms with Crippen molar-refractivity contribution < 1.29 is 4.79 Å². The number of aryl methyl sites for hydroxylation is 4. The Kier molecular flexibility index (Phi) is 6.60. The van der Waals surface area contributed by atoms with Crippen LogP contribution in [0.2, 0.25) is 0 Å². The number of carbonyl (C=O) groups is 1. The van der Waals surface area contributed by atoms with Crippen molar-refractivity contribution in [3.8, 4) is 0 Å². The molecule has 1 saturated heterocycles. The van der Waals surface area contributed by atoms with Crippen molar-refractivity contribution in [1.29, 1.82) is 0 Å². The van der Waals surface area contributed by atoms with Gasteiger partial charge in [-0.15, -0.1) is 11.3 Å². The number of para-hydroxylation sites is 1. The van der Waals surface area contributed by atoms with Crippen LogP contribution in [0.3, 0.4) is 0 Å². The zero-order valence-electron chi connectivity index (χ0n) is 19.7. The van der Waals surface area contributed by atoms with Gasteiger partial charge in [0.1, 0.15) is 16.5 Å². The molecule has 0 radical (unpaired) electrons. The third-order valence-electron chi connectivity index (χ3n) is 6.84. The lowest BCUT2D eigenvalue weighted by Gasteiger charge is -2.25. The summed E-state index contributed by atoms with van der Waals surface area (Å²) in [4.78, 5) is 27.7. The third-order valence-corrected chi connectivity index (χ3v) is 8.02. The molecule has 174 valence electrons. The Morgan fingerprint density at radius 2 is 1.79 bits per heavy atom. The van der Waals surface area contributed by atoms with Crippen LogP contribution in [0.25, 0.3) is 10.2 Å². The average molecular weight is 464 g/mol. The maximum atomic E-state index is 12.8. The fourth-order valence-electron chi connectivity index (χ4n) is 5.08. The van der Waals surface area contributed by atoms with Crippen LogP contribution in [-0.2, 0) is 24.2 Å². The first-order chi connectivity index (χ1) is 16.1. The van der Waals surface area contributed by atoms with E-state index < -0.39 is 0 Å². The molecule has 1 fully saturated rings. The molecule has 1 aliphatic carbocycles. The highest BCUT2D eigenvalue weighted by atomic mass is 32.1. The van der Waals surface area contributed by atoms with Crippen molar-refractivity contribution in [2.45, 2.75) is 65.3 Å². The van der Waals surface area contributed by atoms with Gasteiger partial charge in [-0.05, 0) is 82.2 Å². The van der Waals surface area contributed by atoms with Gasteiger partial charge in [0.15, 0.2) is 0 Å². The summed E-state index contributed by atoms with van der Waals surface area (Å²) in [5.41, 5.74) is 4.44. The zero-order chi connectivity index (χ0) is 22.8. The number of fused-ring (bicyclic) bond motifs is 3. The summed E-state index contributed by atoms with van der Waals surface area (Å²) < 4.78 is 0. The third kappa shape index (κ3) is 4.89. The van der Waals surface area contributed by atoms with Crippen LogP contribution in [0, 0.1) is 13.8 Å². The highest BCUT2D eigenvalue weighted by molar-refractivity contribution is 7.19. The number of rotatable bonds is 6. The number of hydrogen-bond donors (Lipinski definition) is 2. The number of nitrogens with one attached hydrogen (secondary N) is 2. The van der Waals surface area contributed by atoms with Crippen LogP contribution in [0.1, 0.15) is 59.5 Å². The summed E-state index contributed by atoms with van der Waals surface area (Å²) in [5, 5.41) is 7.60. The van der Waals surface area contributed by atoms with E-state index in [-0.39, 0.29) is 12.5 Å². The SMILES string of the molecule is Cc1cccc(C)c1NC(=O)CNc1nc(CN2CCCCC2)nc2sc3c(c12)CCCC3. The highest BCUT2D eigenvalue weighted by Gasteiger charge is 2.22. The van der Waals surface area contributed by atoms with Crippen LogP contribution in [0.15, 0.2) is 18.2 Å². The minimum Gasteiger partial charge on any atom is -0.360 e. The van der Waals surface area contributed by atoms with Crippen LogP contribution >= 0.6 is 11.3 Å². The van der Waals surface area contributed by atoms with E-state index in [4.69, 9.17) is 9.97 Å². The van der Waals surface area contributed by atoms with Gasteiger partial charge in [0.05, 0.1) is 18.5 Å². The van der Waals surface area contributed by atoms with Gasteiger partial charge in [0.2, 0.25) is 5.91 Å². The molecule has 6 nitrogen and oxygen atoms in total. The second-order valence-electron chi connectivity index (χ2n) is 9.38. The molecule has 2 aromatic heterocycles. The number of piperidine rings is 1. The van der Waals surface area contributed by atoms with Crippen molar-refractivity contribution >= 4 is 39.0 Å². The minimum atomic E-state index is -0.0548. The predicted octanol–water partition coefficient (Wildman–Crippen LogP) is 5.22. The number of nitrogens with zero attached hydrogens (tertiary/aromatic N) is 3. The topological polar surface area (TPSA) is 70.2 Å². The average Bonchev–Trinajstić information content (AvgIpc) is 3.19. The Balaban J connectivity index is 1.40. The molecule has 2 N–H and O–H groups in total. The lowest BCUT2D eigenvalue weighted by molar-refractivity contribution is -0.114. The van der Waals surface area contributed by atoms with Gasteiger partial charge >= 0.3 is 0 Å². The number of thiophene rings is 1. The summed E-state index contributed by atoms with van der Waals surface area (Å²) in [6.45, 7) is 7.24. The molecule has 7 heteroatoms. The molecule has 2 aliphatic rings. The van der Waals surface area contributed by atoms with Gasteiger partial charge in [-0.1, -0.05) is 24.6 Å². The summed E-state index contributed by atoms with van der Waals surface area (Å²) in [5.74, 6) is 1.63. The maximum Gasteiger partial charge on any atom is 0.243 e. The Morgan fingerprint density at radius 1 is 1.03 bits per heavy atom. The van der Waals surface area contributed by atoms with Crippen LogP contribution in [0.4, 0.5) is 11.5 Å². The zero-order valence-corrected chi connectivity index (χ0v) is 20.5. The normalized spacial score (nSPS) is 16.5. The van der Waals surface area contributed by atoms with Gasteiger partial charge in [-0.2, -0.15) is 0 Å². The monoisotopic (exact) mass is 463 g/mol. The Hall–Kier alpha value is -2.51. The van der Waals surface area contributed by atoms with Crippen LogP contribution in [0.5, 0.6) is 0 Å². The molecular weight excluding hydrogens is 430 g/mol. The minimum absolute atomic E-state index is 0.0548. The quantitative estimate of drug-likeness (QED) is 0.524. The molecule has 0 bridgehead atoms. The van der Waals surface area contributed by atoms with Gasteiger partial charge in [0, 0.05) is 10.6 Å². The Labute approximate surface area is 199 Å². The number of benzene rings is 1. The Morgan fingerprint density at radius 3 is 2.58 bits per heavy atom. The lowest BCUT2D eigenvalue weighted by Crippen LogP contribution is -2.30. The standard InChI is InChI=1S/C26H33N5OS/c1-17-9-8-10-18(2)24(17)30-22(32)15-27-25-23-19-11-4-5-12-20(19)33-26(23)29-21(28-25)16-31-13-6-3-7-14-31/h8-10H,3-7,11-16H2,1-2H3,(H,30,32)(H,27,28,29). The van der Waals surface area contributed by atoms with Crippen LogP contribution < -0.4 is 10.6 Å². The fourth-order valence-corrected chi connectivity index (χ4v) is 6.36. The molecule has 0 saturated carbocycles. The molecule has 0 spiro atoms. The molecular formula is C26H33N5OS. The number of likely N-dealkylation sites (tertiary alicyclic amines) is 1. The summed E-state index contributed by atoms with van der Waals surface area (Å²) in [6, 6.07) is 6.06. The smallest absolute Gasteiger partial charge is 0.243 e. The van der Waals surface area contributed by atoms with Crippen molar-refractivity contribution in [2.75, 3.05) is 30.3 Å². The van der Waals surface area contributed by atoms with E-state index in [1.165, 1.54) is 42.5 Å². The molecule has 3 heterocycles. The molecule has 1 amide bonds. The first kappa shape index (κ1) is 22.3. The molecule has 5 rings (SSSR count). The molecule has 0 unspecified atom stereocenters. The van der Waals surface area contributed by atoms with E-state index >= 15 is 0 Å². The molecule has 1 aromatic carbocycles. The largest absolute Gasteiger partial charge is 0.360 e. The number of anilines is 2. The van der Waals surface area contributed by atoms with E-state index in [1.807, 2.05) is 43.4 Å². The van der Waals surface area contributed by atoms with Crippen molar-refractivity contribution in [1.82, 2.24) is 14.9 Å². The number of hydrogen-bond acceptors (Lipinski definition) is 6. The van der Waals surface area contributed by atoms with E-state index in [0.29, 0.717) is 0 Å². The maximum absolute atomic E-state index is 12.8. The van der Waals surface area contributed by atoms with E-state index in [1.54, 1.807) is 0 Å². The van der Waals surface area contributed by atoms with Crippen molar-refractivity contribution in [3.63, 3.8) is 0 Å². The molecule has 0 atom stereocenters. The highest BCUT2D eigenvalue weighted by Crippen LogP contribution is 2.38. The molecule has 3 aromatic rings. The summed E-state index contributed by atoms with van der Waals surface area (Å²) >= 11 is 1.82. The first-order valence-corrected chi connectivity index (χ1v) is 13.0. The fraction of sp³-hybridized carbons (Fsp3) is 0.500. The Bertz CT molecular complexity index is 1140. The van der Waals surface area contributed by atoms with Crippen molar-refractivity contribution in [3.05, 3.63) is 45.6 Å². The number of amides is 1.